The fourth-order valence-corrected chi connectivity index (χ4v) is 2.58. The fourth-order valence-electron chi connectivity index (χ4n) is 2.58. The van der Waals surface area contributed by atoms with Crippen molar-refractivity contribution in [3.63, 3.8) is 0 Å². The van der Waals surface area contributed by atoms with Crippen LogP contribution in [0.25, 0.3) is 0 Å². The number of ether oxygens (including phenoxy) is 3. The average molecular weight is 279 g/mol. The highest BCUT2D eigenvalue weighted by atomic mass is 16.5. The standard InChI is InChI=1S/C16H25NO3/c1-3-7-19-15-8-12(17)9-16(11-15)20-14-6-4-5-13(10-14)18-2/h8-9,11,13-14H,3-7,10,17H2,1-2H3. The van der Waals surface area contributed by atoms with Crippen LogP contribution in [0.15, 0.2) is 18.2 Å². The van der Waals surface area contributed by atoms with E-state index in [0.717, 1.165) is 43.6 Å². The number of hydrogen-bond donors (Lipinski definition) is 1. The highest BCUT2D eigenvalue weighted by Gasteiger charge is 2.23. The van der Waals surface area contributed by atoms with E-state index in [-0.39, 0.29) is 6.10 Å². The molecular weight excluding hydrogens is 254 g/mol. The summed E-state index contributed by atoms with van der Waals surface area (Å²) in [4.78, 5) is 0. The van der Waals surface area contributed by atoms with Gasteiger partial charge in [0.05, 0.1) is 12.7 Å². The lowest BCUT2D eigenvalue weighted by atomic mass is 9.95. The van der Waals surface area contributed by atoms with Crippen molar-refractivity contribution in [2.24, 2.45) is 0 Å². The van der Waals surface area contributed by atoms with Gasteiger partial charge >= 0.3 is 0 Å². The molecule has 1 saturated carbocycles. The first-order valence-corrected chi connectivity index (χ1v) is 7.44. The molecule has 4 heteroatoms. The smallest absolute Gasteiger partial charge is 0.125 e. The Morgan fingerprint density at radius 3 is 2.65 bits per heavy atom. The van der Waals surface area contributed by atoms with E-state index in [2.05, 4.69) is 6.92 Å². The van der Waals surface area contributed by atoms with Crippen molar-refractivity contribution in [2.75, 3.05) is 19.5 Å². The Bertz CT molecular complexity index is 422. The summed E-state index contributed by atoms with van der Waals surface area (Å²) in [5.41, 5.74) is 6.58. The summed E-state index contributed by atoms with van der Waals surface area (Å²) < 4.78 is 17.1. The first-order chi connectivity index (χ1) is 9.71. The van der Waals surface area contributed by atoms with Crippen LogP contribution in [0, 0.1) is 0 Å². The van der Waals surface area contributed by atoms with E-state index in [4.69, 9.17) is 19.9 Å². The molecule has 20 heavy (non-hydrogen) atoms. The van der Waals surface area contributed by atoms with E-state index in [1.54, 1.807) is 7.11 Å². The van der Waals surface area contributed by atoms with Crippen molar-refractivity contribution in [3.8, 4) is 11.5 Å². The molecule has 1 aliphatic carbocycles. The maximum absolute atomic E-state index is 6.05. The Kier molecular flexibility index (Phi) is 5.53. The van der Waals surface area contributed by atoms with Crippen LogP contribution in [0.5, 0.6) is 11.5 Å². The van der Waals surface area contributed by atoms with Crippen molar-refractivity contribution in [1.29, 1.82) is 0 Å². The highest BCUT2D eigenvalue weighted by Crippen LogP contribution is 2.29. The molecule has 1 fully saturated rings. The SMILES string of the molecule is CCCOc1cc(N)cc(OC2CCCC(OC)C2)c1. The maximum atomic E-state index is 6.05. The monoisotopic (exact) mass is 279 g/mol. The zero-order chi connectivity index (χ0) is 14.4. The summed E-state index contributed by atoms with van der Waals surface area (Å²) in [7, 11) is 1.77. The molecule has 2 atom stereocenters. The molecule has 2 unspecified atom stereocenters. The second kappa shape index (κ2) is 7.39. The summed E-state index contributed by atoms with van der Waals surface area (Å²) in [5.74, 6) is 1.57. The van der Waals surface area contributed by atoms with Crippen molar-refractivity contribution in [1.82, 2.24) is 0 Å². The van der Waals surface area contributed by atoms with Gasteiger partial charge in [-0.1, -0.05) is 6.92 Å². The minimum Gasteiger partial charge on any atom is -0.493 e. The van der Waals surface area contributed by atoms with Gasteiger partial charge < -0.3 is 19.9 Å². The molecule has 2 rings (SSSR count). The number of nitrogens with two attached hydrogens (primary N) is 1. The molecule has 1 aliphatic rings. The fraction of sp³-hybridized carbons (Fsp3) is 0.625. The van der Waals surface area contributed by atoms with Gasteiger partial charge in [-0.25, -0.2) is 0 Å². The second-order valence-electron chi connectivity index (χ2n) is 5.35. The molecule has 2 N–H and O–H groups in total. The quantitative estimate of drug-likeness (QED) is 0.811. The van der Waals surface area contributed by atoms with Gasteiger partial charge in [0, 0.05) is 37.4 Å². The Morgan fingerprint density at radius 2 is 1.90 bits per heavy atom. The van der Waals surface area contributed by atoms with Crippen LogP contribution in [0.3, 0.4) is 0 Å². The maximum Gasteiger partial charge on any atom is 0.125 e. The molecule has 0 aliphatic heterocycles. The molecular formula is C16H25NO3. The third kappa shape index (κ3) is 4.30. The van der Waals surface area contributed by atoms with Gasteiger partial charge in [0.1, 0.15) is 17.6 Å². The topological polar surface area (TPSA) is 53.7 Å². The molecule has 1 aromatic rings. The van der Waals surface area contributed by atoms with Gasteiger partial charge in [0.2, 0.25) is 0 Å². The number of rotatable bonds is 6. The van der Waals surface area contributed by atoms with Crippen molar-refractivity contribution < 1.29 is 14.2 Å². The van der Waals surface area contributed by atoms with Crippen LogP contribution in [0.2, 0.25) is 0 Å². The second-order valence-corrected chi connectivity index (χ2v) is 5.35. The number of anilines is 1. The molecule has 0 aromatic heterocycles. The Labute approximate surface area is 121 Å². The minimum atomic E-state index is 0.203. The van der Waals surface area contributed by atoms with E-state index in [0.29, 0.717) is 18.4 Å². The third-order valence-electron chi connectivity index (χ3n) is 3.59. The summed E-state index contributed by atoms with van der Waals surface area (Å²) >= 11 is 0. The predicted molar refractivity (Wildman–Crippen MR) is 80.3 cm³/mol. The van der Waals surface area contributed by atoms with Gasteiger partial charge in [-0.2, -0.15) is 0 Å². The van der Waals surface area contributed by atoms with Gasteiger partial charge in [-0.05, 0) is 25.7 Å². The lowest BCUT2D eigenvalue weighted by Gasteiger charge is -2.28. The van der Waals surface area contributed by atoms with Crippen LogP contribution in [-0.2, 0) is 4.74 Å². The number of hydrogen-bond acceptors (Lipinski definition) is 4. The van der Waals surface area contributed by atoms with E-state index in [9.17, 15) is 0 Å². The van der Waals surface area contributed by atoms with Crippen LogP contribution in [0.4, 0.5) is 5.69 Å². The van der Waals surface area contributed by atoms with Gasteiger partial charge in [0.25, 0.3) is 0 Å². The van der Waals surface area contributed by atoms with E-state index < -0.39 is 0 Å². The molecule has 0 amide bonds. The first-order valence-electron chi connectivity index (χ1n) is 7.44. The minimum absolute atomic E-state index is 0.203. The summed E-state index contributed by atoms with van der Waals surface area (Å²) in [5, 5.41) is 0. The zero-order valence-corrected chi connectivity index (χ0v) is 12.4. The van der Waals surface area contributed by atoms with Gasteiger partial charge in [-0.3, -0.25) is 0 Å². The lowest BCUT2D eigenvalue weighted by molar-refractivity contribution is 0.0209. The molecule has 0 saturated heterocycles. The van der Waals surface area contributed by atoms with Gasteiger partial charge in [0.15, 0.2) is 0 Å². The molecule has 1 aromatic carbocycles. The molecule has 0 bridgehead atoms. The number of methoxy groups -OCH3 is 1. The Hall–Kier alpha value is -1.42. The summed E-state index contributed by atoms with van der Waals surface area (Å²) in [6.07, 6.45) is 5.77. The normalized spacial score (nSPS) is 22.5. The Balaban J connectivity index is 1.99. The molecule has 0 radical (unpaired) electrons. The van der Waals surface area contributed by atoms with E-state index >= 15 is 0 Å². The highest BCUT2D eigenvalue weighted by molar-refractivity contribution is 5.50. The van der Waals surface area contributed by atoms with E-state index in [1.807, 2.05) is 18.2 Å². The first kappa shape index (κ1) is 15.0. The molecule has 0 heterocycles. The average Bonchev–Trinajstić information content (AvgIpc) is 2.44. The van der Waals surface area contributed by atoms with E-state index in [1.165, 1.54) is 0 Å². The number of nitrogen functional groups attached to an aromatic ring is 1. The van der Waals surface area contributed by atoms with Crippen molar-refractivity contribution in [2.45, 2.75) is 51.2 Å². The number of benzene rings is 1. The van der Waals surface area contributed by atoms with Crippen molar-refractivity contribution >= 4 is 5.69 Å². The van der Waals surface area contributed by atoms with Crippen LogP contribution in [-0.4, -0.2) is 25.9 Å². The largest absolute Gasteiger partial charge is 0.493 e. The molecule has 0 spiro atoms. The van der Waals surface area contributed by atoms with Crippen LogP contribution >= 0.6 is 0 Å². The lowest BCUT2D eigenvalue weighted by Crippen LogP contribution is -2.29. The Morgan fingerprint density at radius 1 is 1.15 bits per heavy atom. The third-order valence-corrected chi connectivity index (χ3v) is 3.59. The molecule has 112 valence electrons. The summed E-state index contributed by atoms with van der Waals surface area (Å²) in [6.45, 7) is 2.77. The van der Waals surface area contributed by atoms with Crippen molar-refractivity contribution in [3.05, 3.63) is 18.2 Å². The predicted octanol–water partition coefficient (Wildman–Crippen LogP) is 3.39. The van der Waals surface area contributed by atoms with Crippen LogP contribution < -0.4 is 15.2 Å². The summed E-state index contributed by atoms with van der Waals surface area (Å²) in [6, 6.07) is 5.61. The van der Waals surface area contributed by atoms with Gasteiger partial charge in [-0.15, -0.1) is 0 Å². The van der Waals surface area contributed by atoms with Crippen LogP contribution in [0.1, 0.15) is 39.0 Å². The molecule has 4 nitrogen and oxygen atoms in total. The zero-order valence-electron chi connectivity index (χ0n) is 12.4.